The first-order chi connectivity index (χ1) is 9.21. The molecule has 0 spiro atoms. The van der Waals surface area contributed by atoms with Gasteiger partial charge in [0.25, 0.3) is 0 Å². The minimum absolute atomic E-state index is 0.213. The van der Waals surface area contributed by atoms with E-state index in [1.807, 2.05) is 11.9 Å². The molecule has 0 aliphatic rings. The van der Waals surface area contributed by atoms with E-state index in [0.29, 0.717) is 10.9 Å². The van der Waals surface area contributed by atoms with E-state index >= 15 is 0 Å². The van der Waals surface area contributed by atoms with Gasteiger partial charge in [0.1, 0.15) is 6.54 Å². The number of amides is 1. The van der Waals surface area contributed by atoms with Crippen LogP contribution in [0.15, 0.2) is 4.99 Å². The Labute approximate surface area is 117 Å². The van der Waals surface area contributed by atoms with E-state index in [1.165, 1.54) is 0 Å². The van der Waals surface area contributed by atoms with E-state index in [-0.39, 0.29) is 6.54 Å². The number of halogens is 3. The summed E-state index contributed by atoms with van der Waals surface area (Å²) in [5.74, 6) is -0.139. The maximum absolute atomic E-state index is 12.2. The van der Waals surface area contributed by atoms with Crippen LogP contribution in [0.3, 0.4) is 0 Å². The second-order valence-corrected chi connectivity index (χ2v) is 4.54. The first-order valence-corrected chi connectivity index (χ1v) is 6.43. The average molecular weight is 296 g/mol. The van der Waals surface area contributed by atoms with Gasteiger partial charge in [0.05, 0.1) is 6.54 Å². The third-order valence-corrected chi connectivity index (χ3v) is 2.66. The van der Waals surface area contributed by atoms with Gasteiger partial charge in [-0.1, -0.05) is 13.3 Å². The number of carbonyl (C=O) groups excluding carboxylic acids is 1. The molecule has 0 fully saturated rings. The third-order valence-electron chi connectivity index (χ3n) is 2.66. The highest BCUT2D eigenvalue weighted by Crippen LogP contribution is 2.15. The lowest BCUT2D eigenvalue weighted by Crippen LogP contribution is -2.46. The van der Waals surface area contributed by atoms with Crippen LogP contribution in [0, 0.1) is 0 Å². The van der Waals surface area contributed by atoms with E-state index in [9.17, 15) is 18.0 Å². The number of guanidine groups is 1. The lowest BCUT2D eigenvalue weighted by atomic mass is 10.3. The van der Waals surface area contributed by atoms with Crippen molar-refractivity contribution in [3.05, 3.63) is 0 Å². The molecule has 0 aromatic rings. The van der Waals surface area contributed by atoms with Crippen molar-refractivity contribution in [1.82, 2.24) is 15.1 Å². The van der Waals surface area contributed by atoms with Crippen molar-refractivity contribution in [1.29, 1.82) is 0 Å². The van der Waals surface area contributed by atoms with Crippen molar-refractivity contribution in [2.45, 2.75) is 25.9 Å². The molecule has 0 rings (SSSR count). The Balaban J connectivity index is 4.27. The molecule has 8 heteroatoms. The second-order valence-electron chi connectivity index (χ2n) is 4.54. The zero-order valence-corrected chi connectivity index (χ0v) is 12.4. The smallest absolute Gasteiger partial charge is 0.347 e. The molecule has 0 atom stereocenters. The summed E-state index contributed by atoms with van der Waals surface area (Å²) in [5, 5.41) is 2.76. The van der Waals surface area contributed by atoms with E-state index in [4.69, 9.17) is 0 Å². The number of rotatable bonds is 6. The second kappa shape index (κ2) is 8.65. The van der Waals surface area contributed by atoms with Gasteiger partial charge in [-0.2, -0.15) is 13.2 Å². The third kappa shape index (κ3) is 7.85. The van der Waals surface area contributed by atoms with E-state index in [2.05, 4.69) is 17.2 Å². The van der Waals surface area contributed by atoms with Gasteiger partial charge in [0.15, 0.2) is 5.96 Å². The molecule has 0 aromatic carbocycles. The van der Waals surface area contributed by atoms with E-state index < -0.39 is 18.6 Å². The highest BCUT2D eigenvalue weighted by Gasteiger charge is 2.31. The molecule has 5 nitrogen and oxygen atoms in total. The molecule has 0 saturated heterocycles. The topological polar surface area (TPSA) is 47.9 Å². The van der Waals surface area contributed by atoms with Gasteiger partial charge in [0, 0.05) is 27.7 Å². The molecule has 0 heterocycles. The summed E-state index contributed by atoms with van der Waals surface area (Å²) >= 11 is 0. The van der Waals surface area contributed by atoms with E-state index in [0.717, 1.165) is 26.4 Å². The Morgan fingerprint density at radius 3 is 2.30 bits per heavy atom. The Morgan fingerprint density at radius 1 is 1.25 bits per heavy atom. The number of unbranched alkanes of at least 4 members (excludes halogenated alkanes) is 1. The average Bonchev–Trinajstić information content (AvgIpc) is 2.34. The molecule has 1 amide bonds. The number of aliphatic imine (C=N–C) groups is 1. The van der Waals surface area contributed by atoms with E-state index in [1.54, 1.807) is 7.05 Å². The Morgan fingerprint density at radius 2 is 1.85 bits per heavy atom. The van der Waals surface area contributed by atoms with Crippen LogP contribution in [0.1, 0.15) is 19.8 Å². The molecule has 0 radical (unpaired) electrons. The molecule has 0 bridgehead atoms. The Hall–Kier alpha value is -1.47. The molecule has 0 aromatic heterocycles. The van der Waals surface area contributed by atoms with Crippen molar-refractivity contribution < 1.29 is 18.0 Å². The summed E-state index contributed by atoms with van der Waals surface area (Å²) in [5.41, 5.74) is 0. The van der Waals surface area contributed by atoms with Crippen molar-refractivity contribution in [2.75, 3.05) is 40.8 Å². The minimum atomic E-state index is -4.38. The lowest BCUT2D eigenvalue weighted by molar-refractivity contribution is -0.157. The predicted octanol–water partition coefficient (Wildman–Crippen LogP) is 1.31. The first-order valence-electron chi connectivity index (χ1n) is 6.43. The number of alkyl halides is 3. The van der Waals surface area contributed by atoms with Crippen LogP contribution in [0.4, 0.5) is 13.2 Å². The molecule has 0 saturated carbocycles. The van der Waals surface area contributed by atoms with Gasteiger partial charge in [-0.05, 0) is 6.42 Å². The molecular weight excluding hydrogens is 273 g/mol. The largest absolute Gasteiger partial charge is 0.406 e. The van der Waals surface area contributed by atoms with Gasteiger partial charge in [-0.3, -0.25) is 9.79 Å². The molecule has 20 heavy (non-hydrogen) atoms. The SMILES string of the molecule is CCCCN(C)C(=NC)NCC(=O)N(C)CC(F)(F)F. The Bertz CT molecular complexity index is 331. The molecular formula is C12H23F3N4O. The number of carbonyl (C=O) groups is 1. The van der Waals surface area contributed by atoms with Crippen LogP contribution >= 0.6 is 0 Å². The molecule has 0 aliphatic carbocycles. The quantitative estimate of drug-likeness (QED) is 0.594. The molecule has 0 unspecified atom stereocenters. The summed E-state index contributed by atoms with van der Waals surface area (Å²) in [6.07, 6.45) is -2.39. The first kappa shape index (κ1) is 18.5. The van der Waals surface area contributed by atoms with Crippen molar-refractivity contribution in [3.63, 3.8) is 0 Å². The van der Waals surface area contributed by atoms with Crippen molar-refractivity contribution in [2.24, 2.45) is 4.99 Å². The normalized spacial score (nSPS) is 12.2. The summed E-state index contributed by atoms with van der Waals surface area (Å²) in [7, 11) is 4.50. The minimum Gasteiger partial charge on any atom is -0.347 e. The fourth-order valence-corrected chi connectivity index (χ4v) is 1.53. The van der Waals surface area contributed by atoms with Gasteiger partial charge in [-0.25, -0.2) is 0 Å². The highest BCUT2D eigenvalue weighted by molar-refractivity contribution is 5.86. The van der Waals surface area contributed by atoms with Crippen LogP contribution in [0.25, 0.3) is 0 Å². The zero-order valence-electron chi connectivity index (χ0n) is 12.4. The van der Waals surface area contributed by atoms with Crippen molar-refractivity contribution in [3.8, 4) is 0 Å². The van der Waals surface area contributed by atoms with Gasteiger partial charge in [-0.15, -0.1) is 0 Å². The fourth-order valence-electron chi connectivity index (χ4n) is 1.53. The maximum Gasteiger partial charge on any atom is 0.406 e. The van der Waals surface area contributed by atoms with Crippen LogP contribution in [-0.2, 0) is 4.79 Å². The number of nitrogens with zero attached hydrogens (tertiary/aromatic N) is 3. The number of hydrogen-bond acceptors (Lipinski definition) is 2. The highest BCUT2D eigenvalue weighted by atomic mass is 19.4. The molecule has 0 aliphatic heterocycles. The van der Waals surface area contributed by atoms with Crippen LogP contribution in [0.5, 0.6) is 0 Å². The molecule has 118 valence electrons. The monoisotopic (exact) mass is 296 g/mol. The standard InChI is InChI=1S/C12H23F3N4O/c1-5-6-7-18(3)11(16-2)17-8-10(20)19(4)9-12(13,14)15/h5-9H2,1-4H3,(H,16,17). The van der Waals surface area contributed by atoms with Crippen LogP contribution in [-0.4, -0.2) is 68.6 Å². The summed E-state index contributed by atoms with van der Waals surface area (Å²) < 4.78 is 36.5. The summed E-state index contributed by atoms with van der Waals surface area (Å²) in [6.45, 7) is 1.36. The number of nitrogens with one attached hydrogen (secondary N) is 1. The number of hydrogen-bond donors (Lipinski definition) is 1. The number of likely N-dealkylation sites (N-methyl/N-ethyl adjacent to an activating group) is 1. The van der Waals surface area contributed by atoms with Crippen LogP contribution in [0.2, 0.25) is 0 Å². The van der Waals surface area contributed by atoms with Crippen molar-refractivity contribution >= 4 is 11.9 Å². The van der Waals surface area contributed by atoms with Gasteiger partial charge < -0.3 is 15.1 Å². The molecule has 1 N–H and O–H groups in total. The zero-order chi connectivity index (χ0) is 15.8. The lowest BCUT2D eigenvalue weighted by Gasteiger charge is -2.23. The summed E-state index contributed by atoms with van der Waals surface area (Å²) in [4.78, 5) is 18.0. The van der Waals surface area contributed by atoms with Gasteiger partial charge >= 0.3 is 6.18 Å². The fraction of sp³-hybridized carbons (Fsp3) is 0.833. The maximum atomic E-state index is 12.2. The Kier molecular flexibility index (Phi) is 8.02. The summed E-state index contributed by atoms with van der Waals surface area (Å²) in [6, 6.07) is 0. The van der Waals surface area contributed by atoms with Crippen LogP contribution < -0.4 is 5.32 Å². The van der Waals surface area contributed by atoms with Gasteiger partial charge in [0.2, 0.25) is 5.91 Å². The predicted molar refractivity (Wildman–Crippen MR) is 72.6 cm³/mol.